The van der Waals surface area contributed by atoms with E-state index in [1.165, 1.54) is 11.1 Å². The Morgan fingerprint density at radius 3 is 2.62 bits per heavy atom. The van der Waals surface area contributed by atoms with Gasteiger partial charge in [-0.15, -0.1) is 11.3 Å². The summed E-state index contributed by atoms with van der Waals surface area (Å²) in [5.41, 5.74) is 11.3. The molecule has 1 aromatic carbocycles. The first-order valence-corrected chi connectivity index (χ1v) is 7.55. The number of aromatic nitrogens is 3. The van der Waals surface area contributed by atoms with Crippen LogP contribution in [0.15, 0.2) is 29.8 Å². The molecule has 0 amide bonds. The number of benzene rings is 1. The highest BCUT2D eigenvalue weighted by atomic mass is 32.1. The van der Waals surface area contributed by atoms with Crippen molar-refractivity contribution in [1.82, 2.24) is 15.0 Å². The second-order valence-electron chi connectivity index (χ2n) is 5.07. The fourth-order valence-corrected chi connectivity index (χ4v) is 3.02. The number of hydrogen-bond acceptors (Lipinski definition) is 5. The molecule has 0 unspecified atom stereocenters. The number of nitrogens with two attached hydrogens (primary N) is 1. The summed E-state index contributed by atoms with van der Waals surface area (Å²) in [6, 6.07) is 6.38. The van der Waals surface area contributed by atoms with Gasteiger partial charge in [-0.1, -0.05) is 17.7 Å². The SMILES string of the molecule is Cc1ccc(C)c(-c2csc(-c3cnc(C)nc3N)n2)c1. The topological polar surface area (TPSA) is 64.7 Å². The molecule has 2 heterocycles. The second-order valence-corrected chi connectivity index (χ2v) is 5.93. The molecule has 2 aromatic heterocycles. The van der Waals surface area contributed by atoms with E-state index in [-0.39, 0.29) is 0 Å². The van der Waals surface area contributed by atoms with E-state index in [2.05, 4.69) is 47.4 Å². The quantitative estimate of drug-likeness (QED) is 0.781. The lowest BCUT2D eigenvalue weighted by molar-refractivity contribution is 1.06. The van der Waals surface area contributed by atoms with Crippen molar-refractivity contribution < 1.29 is 0 Å². The van der Waals surface area contributed by atoms with Crippen LogP contribution in [0.25, 0.3) is 21.8 Å². The molecule has 0 saturated heterocycles. The van der Waals surface area contributed by atoms with Gasteiger partial charge in [0.25, 0.3) is 0 Å². The fraction of sp³-hybridized carbons (Fsp3) is 0.188. The average molecular weight is 296 g/mol. The normalized spacial score (nSPS) is 10.8. The van der Waals surface area contributed by atoms with Gasteiger partial charge in [-0.05, 0) is 32.4 Å². The molecule has 21 heavy (non-hydrogen) atoms. The smallest absolute Gasteiger partial charge is 0.137 e. The van der Waals surface area contributed by atoms with Crippen LogP contribution in [-0.2, 0) is 0 Å². The molecule has 0 bridgehead atoms. The molecule has 2 N–H and O–H groups in total. The number of hydrogen-bond donors (Lipinski definition) is 1. The maximum atomic E-state index is 5.97. The van der Waals surface area contributed by atoms with Crippen molar-refractivity contribution in [3.05, 3.63) is 46.7 Å². The summed E-state index contributed by atoms with van der Waals surface area (Å²) in [5.74, 6) is 1.15. The van der Waals surface area contributed by atoms with E-state index in [4.69, 9.17) is 10.7 Å². The molecule has 0 fully saturated rings. The largest absolute Gasteiger partial charge is 0.383 e. The van der Waals surface area contributed by atoms with Crippen LogP contribution in [0.1, 0.15) is 17.0 Å². The highest BCUT2D eigenvalue weighted by molar-refractivity contribution is 7.13. The Morgan fingerprint density at radius 2 is 1.86 bits per heavy atom. The Labute approximate surface area is 127 Å². The van der Waals surface area contributed by atoms with Gasteiger partial charge >= 0.3 is 0 Å². The Bertz CT molecular complexity index is 808. The van der Waals surface area contributed by atoms with Crippen LogP contribution in [-0.4, -0.2) is 15.0 Å². The Hall–Kier alpha value is -2.27. The average Bonchev–Trinajstić information content (AvgIpc) is 2.91. The minimum Gasteiger partial charge on any atom is -0.383 e. The zero-order chi connectivity index (χ0) is 15.0. The van der Waals surface area contributed by atoms with Gasteiger partial charge in [-0.2, -0.15) is 0 Å². The molecule has 4 nitrogen and oxygen atoms in total. The summed E-state index contributed by atoms with van der Waals surface area (Å²) in [4.78, 5) is 13.1. The third kappa shape index (κ3) is 2.64. The Kier molecular flexibility index (Phi) is 3.43. The van der Waals surface area contributed by atoms with E-state index in [1.807, 2.05) is 6.92 Å². The number of anilines is 1. The lowest BCUT2D eigenvalue weighted by Crippen LogP contribution is -1.98. The highest BCUT2D eigenvalue weighted by Gasteiger charge is 2.12. The number of thiazole rings is 1. The molecule has 5 heteroatoms. The van der Waals surface area contributed by atoms with Crippen molar-refractivity contribution in [2.75, 3.05) is 5.73 Å². The van der Waals surface area contributed by atoms with Crippen molar-refractivity contribution in [2.24, 2.45) is 0 Å². The van der Waals surface area contributed by atoms with Gasteiger partial charge in [-0.3, -0.25) is 0 Å². The van der Waals surface area contributed by atoms with Crippen LogP contribution in [0.4, 0.5) is 5.82 Å². The minimum absolute atomic E-state index is 0.476. The van der Waals surface area contributed by atoms with Crippen LogP contribution in [0.2, 0.25) is 0 Å². The summed E-state index contributed by atoms with van der Waals surface area (Å²) in [5, 5.41) is 2.90. The highest BCUT2D eigenvalue weighted by Crippen LogP contribution is 2.32. The summed E-state index contributed by atoms with van der Waals surface area (Å²) >= 11 is 1.56. The number of nitrogen functional groups attached to an aromatic ring is 1. The molecule has 0 radical (unpaired) electrons. The van der Waals surface area contributed by atoms with Crippen LogP contribution < -0.4 is 5.73 Å². The minimum atomic E-state index is 0.476. The molecule has 3 aromatic rings. The van der Waals surface area contributed by atoms with E-state index in [1.54, 1.807) is 17.5 Å². The van der Waals surface area contributed by atoms with E-state index in [0.29, 0.717) is 11.6 Å². The van der Waals surface area contributed by atoms with Gasteiger partial charge in [0.15, 0.2) is 0 Å². The monoisotopic (exact) mass is 296 g/mol. The molecule has 0 spiro atoms. The molecule has 0 aliphatic heterocycles. The van der Waals surface area contributed by atoms with Crippen LogP contribution in [0.5, 0.6) is 0 Å². The third-order valence-electron chi connectivity index (χ3n) is 3.34. The van der Waals surface area contributed by atoms with E-state index < -0.39 is 0 Å². The Morgan fingerprint density at radius 1 is 1.05 bits per heavy atom. The number of rotatable bonds is 2. The maximum Gasteiger partial charge on any atom is 0.137 e. The van der Waals surface area contributed by atoms with Crippen molar-refractivity contribution in [3.8, 4) is 21.8 Å². The summed E-state index contributed by atoms with van der Waals surface area (Å²) in [6.45, 7) is 6.00. The zero-order valence-electron chi connectivity index (χ0n) is 12.2. The van der Waals surface area contributed by atoms with Crippen LogP contribution in [0.3, 0.4) is 0 Å². The standard InChI is InChI=1S/C16H16N4S/c1-9-4-5-10(2)12(6-9)14-8-21-16(20-14)13-7-18-11(3)19-15(13)17/h4-8H,1-3H3,(H2,17,18,19). The van der Waals surface area contributed by atoms with Gasteiger partial charge in [0, 0.05) is 17.1 Å². The first-order valence-electron chi connectivity index (χ1n) is 6.67. The van der Waals surface area contributed by atoms with Gasteiger partial charge < -0.3 is 5.73 Å². The van der Waals surface area contributed by atoms with Gasteiger partial charge in [-0.25, -0.2) is 15.0 Å². The predicted octanol–water partition coefficient (Wildman–Crippen LogP) is 3.77. The summed E-state index contributed by atoms with van der Waals surface area (Å²) in [6.07, 6.45) is 1.74. The molecular formula is C16H16N4S. The van der Waals surface area contributed by atoms with Crippen LogP contribution >= 0.6 is 11.3 Å². The molecule has 0 aliphatic carbocycles. The predicted molar refractivity (Wildman–Crippen MR) is 87.2 cm³/mol. The van der Waals surface area contributed by atoms with Crippen LogP contribution in [0, 0.1) is 20.8 Å². The lowest BCUT2D eigenvalue weighted by atomic mass is 10.0. The fourth-order valence-electron chi connectivity index (χ4n) is 2.19. The van der Waals surface area contributed by atoms with E-state index in [0.717, 1.165) is 21.8 Å². The number of nitrogens with zero attached hydrogens (tertiary/aromatic N) is 3. The van der Waals surface area contributed by atoms with E-state index in [9.17, 15) is 0 Å². The lowest BCUT2D eigenvalue weighted by Gasteiger charge is -2.04. The van der Waals surface area contributed by atoms with Gasteiger partial charge in [0.2, 0.25) is 0 Å². The van der Waals surface area contributed by atoms with Crippen molar-refractivity contribution in [1.29, 1.82) is 0 Å². The summed E-state index contributed by atoms with van der Waals surface area (Å²) in [7, 11) is 0. The molecule has 106 valence electrons. The molecule has 0 saturated carbocycles. The van der Waals surface area contributed by atoms with Gasteiger partial charge in [0.05, 0.1) is 11.3 Å². The molecular weight excluding hydrogens is 280 g/mol. The third-order valence-corrected chi connectivity index (χ3v) is 4.22. The zero-order valence-corrected chi connectivity index (χ0v) is 13.0. The summed E-state index contributed by atoms with van der Waals surface area (Å²) < 4.78 is 0. The molecule has 0 atom stereocenters. The Balaban J connectivity index is 2.06. The first-order chi connectivity index (χ1) is 10.0. The van der Waals surface area contributed by atoms with Gasteiger partial charge in [0.1, 0.15) is 16.6 Å². The number of aryl methyl sites for hydroxylation is 3. The van der Waals surface area contributed by atoms with Crippen molar-refractivity contribution >= 4 is 17.2 Å². The maximum absolute atomic E-state index is 5.97. The van der Waals surface area contributed by atoms with Crippen molar-refractivity contribution in [2.45, 2.75) is 20.8 Å². The second kappa shape index (κ2) is 5.26. The first kappa shape index (κ1) is 13.7. The molecule has 0 aliphatic rings. The van der Waals surface area contributed by atoms with Crippen molar-refractivity contribution in [3.63, 3.8) is 0 Å². The molecule has 3 rings (SSSR count). The van der Waals surface area contributed by atoms with E-state index >= 15 is 0 Å².